The number of amides is 3. The third-order valence-electron chi connectivity index (χ3n) is 8.36. The number of fused-ring (bicyclic) bond motifs is 2. The number of aliphatic hydroxyl groups excluding tert-OH is 1. The molecule has 1 fully saturated rings. The summed E-state index contributed by atoms with van der Waals surface area (Å²) in [7, 11) is 0. The minimum atomic E-state index is -1.41. The van der Waals surface area contributed by atoms with E-state index in [-0.39, 0.29) is 29.3 Å². The van der Waals surface area contributed by atoms with Crippen LogP contribution in [0.2, 0.25) is 10.0 Å². The van der Waals surface area contributed by atoms with Gasteiger partial charge < -0.3 is 25.7 Å². The summed E-state index contributed by atoms with van der Waals surface area (Å²) in [5.41, 5.74) is -0.309. The van der Waals surface area contributed by atoms with Gasteiger partial charge in [-0.25, -0.2) is 14.0 Å². The van der Waals surface area contributed by atoms with Crippen molar-refractivity contribution in [2.24, 2.45) is 11.3 Å². The molecule has 220 valence electrons. The zero-order valence-electron chi connectivity index (χ0n) is 23.0. The predicted molar refractivity (Wildman–Crippen MR) is 159 cm³/mol. The Balaban J connectivity index is 1.69. The fourth-order valence-electron chi connectivity index (χ4n) is 6.50. The zero-order chi connectivity index (χ0) is 30.4. The number of aliphatic hydroxyl groups is 1. The number of hydrogen-bond acceptors (Lipinski definition) is 4. The van der Waals surface area contributed by atoms with Crippen LogP contribution in [0, 0.1) is 17.2 Å². The van der Waals surface area contributed by atoms with Crippen molar-refractivity contribution in [2.75, 3.05) is 23.8 Å². The van der Waals surface area contributed by atoms with E-state index in [4.69, 9.17) is 23.2 Å². The Morgan fingerprint density at radius 2 is 1.86 bits per heavy atom. The van der Waals surface area contributed by atoms with Gasteiger partial charge in [-0.05, 0) is 72.2 Å². The van der Waals surface area contributed by atoms with E-state index in [0.29, 0.717) is 34.8 Å². The molecular formula is C31H30Cl2FN3O5. The molecule has 11 heteroatoms. The number of nitrogens with zero attached hydrogens (tertiary/aromatic N) is 1. The van der Waals surface area contributed by atoms with Gasteiger partial charge >= 0.3 is 12.0 Å². The van der Waals surface area contributed by atoms with Crippen LogP contribution in [0.25, 0.3) is 0 Å². The van der Waals surface area contributed by atoms with Crippen LogP contribution in [-0.2, 0) is 10.2 Å². The number of hydrogen-bond donors (Lipinski definition) is 4. The molecule has 0 saturated carbocycles. The molecule has 2 aliphatic heterocycles. The van der Waals surface area contributed by atoms with Gasteiger partial charge in [0.05, 0.1) is 16.6 Å². The average molecular weight is 615 g/mol. The van der Waals surface area contributed by atoms with Crippen molar-refractivity contribution in [2.45, 2.75) is 38.1 Å². The van der Waals surface area contributed by atoms with Crippen LogP contribution in [0.4, 0.5) is 20.6 Å². The SMILES string of the molecule is CC(C)(CCO)C[C@@H]1CN(C(=O)Nc2ccc(C(=O)O)cc2)[C@H](c2cccc(Cl)c2F)[C@]12C(=O)Nc1cc(Cl)ccc12. The van der Waals surface area contributed by atoms with Gasteiger partial charge in [0.1, 0.15) is 11.2 Å². The van der Waals surface area contributed by atoms with Crippen molar-refractivity contribution in [3.63, 3.8) is 0 Å². The minimum Gasteiger partial charge on any atom is -0.478 e. The number of carboxylic acids is 1. The first-order valence-electron chi connectivity index (χ1n) is 13.5. The smallest absolute Gasteiger partial charge is 0.335 e. The molecule has 3 atom stereocenters. The molecule has 42 heavy (non-hydrogen) atoms. The molecule has 2 heterocycles. The highest BCUT2D eigenvalue weighted by molar-refractivity contribution is 6.31. The molecule has 4 N–H and O–H groups in total. The maximum atomic E-state index is 15.9. The van der Waals surface area contributed by atoms with E-state index in [2.05, 4.69) is 10.6 Å². The molecule has 3 aromatic carbocycles. The number of benzene rings is 3. The Morgan fingerprint density at radius 1 is 1.14 bits per heavy atom. The standard InChI is InChI=1S/C31H30Cl2FN3O5/c1-30(2,12-13-38)15-18-16-37(29(42)35-20-9-6-17(7-10-20)27(39)40)26(21-4-3-5-23(33)25(21)34)31(18)22-11-8-19(32)14-24(22)36-28(31)41/h3-11,14,18,26,38H,12-13,15-16H2,1-2H3,(H,35,42)(H,36,41)(H,39,40)/t18-,26-,31+/m1/s1. The maximum Gasteiger partial charge on any atom is 0.335 e. The number of urea groups is 1. The molecule has 2 aliphatic rings. The fourth-order valence-corrected chi connectivity index (χ4v) is 6.85. The molecule has 0 aliphatic carbocycles. The topological polar surface area (TPSA) is 119 Å². The Morgan fingerprint density at radius 3 is 2.52 bits per heavy atom. The summed E-state index contributed by atoms with van der Waals surface area (Å²) in [6.07, 6.45) is 0.881. The molecule has 0 radical (unpaired) electrons. The number of carboxylic acid groups (broad SMARTS) is 1. The third-order valence-corrected chi connectivity index (χ3v) is 8.89. The third kappa shape index (κ3) is 5.10. The van der Waals surface area contributed by atoms with Crippen LogP contribution in [0.5, 0.6) is 0 Å². The Labute approximate surface area is 252 Å². The molecule has 1 saturated heterocycles. The van der Waals surface area contributed by atoms with Gasteiger partial charge in [0.25, 0.3) is 0 Å². The van der Waals surface area contributed by atoms with E-state index in [1.54, 1.807) is 24.3 Å². The molecule has 0 bridgehead atoms. The van der Waals surface area contributed by atoms with Crippen molar-refractivity contribution in [1.82, 2.24) is 4.90 Å². The Kier molecular flexibility index (Phi) is 7.96. The first-order valence-corrected chi connectivity index (χ1v) is 14.2. The highest BCUT2D eigenvalue weighted by Crippen LogP contribution is 2.60. The number of halogens is 3. The summed E-state index contributed by atoms with van der Waals surface area (Å²) in [5.74, 6) is -2.73. The van der Waals surface area contributed by atoms with Crippen LogP contribution >= 0.6 is 23.2 Å². The van der Waals surface area contributed by atoms with E-state index in [0.717, 1.165) is 0 Å². The number of aromatic carboxylic acids is 1. The van der Waals surface area contributed by atoms with Gasteiger partial charge in [0, 0.05) is 35.1 Å². The van der Waals surface area contributed by atoms with E-state index in [1.807, 2.05) is 13.8 Å². The molecule has 3 amide bonds. The van der Waals surface area contributed by atoms with Gasteiger partial charge in [-0.1, -0.05) is 55.2 Å². The molecule has 0 unspecified atom stereocenters. The lowest BCUT2D eigenvalue weighted by molar-refractivity contribution is -0.123. The molecule has 5 rings (SSSR count). The fraction of sp³-hybridized carbons (Fsp3) is 0.323. The number of carbonyl (C=O) groups excluding carboxylic acids is 2. The lowest BCUT2D eigenvalue weighted by Gasteiger charge is -2.39. The first kappa shape index (κ1) is 29.8. The van der Waals surface area contributed by atoms with E-state index < -0.39 is 46.5 Å². The van der Waals surface area contributed by atoms with Crippen molar-refractivity contribution in [3.8, 4) is 0 Å². The van der Waals surface area contributed by atoms with E-state index >= 15 is 4.39 Å². The Hall–Kier alpha value is -3.66. The van der Waals surface area contributed by atoms with Crippen molar-refractivity contribution >= 4 is 52.5 Å². The highest BCUT2D eigenvalue weighted by Gasteiger charge is 2.65. The summed E-state index contributed by atoms with van der Waals surface area (Å²) in [4.78, 5) is 41.0. The molecule has 0 aromatic heterocycles. The van der Waals surface area contributed by atoms with Crippen molar-refractivity contribution < 1.29 is 29.0 Å². The number of carbonyl (C=O) groups is 3. The quantitative estimate of drug-likeness (QED) is 0.236. The number of anilines is 2. The molecule has 1 spiro atoms. The van der Waals surface area contributed by atoms with Gasteiger partial charge in [0.15, 0.2) is 0 Å². The second-order valence-corrected chi connectivity index (χ2v) is 12.4. The molecule has 3 aromatic rings. The van der Waals surface area contributed by atoms with Gasteiger partial charge in [-0.15, -0.1) is 0 Å². The largest absolute Gasteiger partial charge is 0.478 e. The summed E-state index contributed by atoms with van der Waals surface area (Å²) in [6.45, 7) is 3.98. The Bertz CT molecular complexity index is 1560. The van der Waals surface area contributed by atoms with Crippen molar-refractivity contribution in [3.05, 3.63) is 93.2 Å². The number of rotatable bonds is 7. The van der Waals surface area contributed by atoms with Gasteiger partial charge in [-0.3, -0.25) is 4.79 Å². The average Bonchev–Trinajstić information content (AvgIpc) is 3.40. The number of nitrogens with one attached hydrogen (secondary N) is 2. The monoisotopic (exact) mass is 613 g/mol. The van der Waals surface area contributed by atoms with Crippen LogP contribution < -0.4 is 10.6 Å². The second kappa shape index (κ2) is 11.2. The highest BCUT2D eigenvalue weighted by atomic mass is 35.5. The normalized spacial score (nSPS) is 21.4. The van der Waals surface area contributed by atoms with E-state index in [9.17, 15) is 24.6 Å². The van der Waals surface area contributed by atoms with Crippen LogP contribution in [0.15, 0.2) is 60.7 Å². The predicted octanol–water partition coefficient (Wildman–Crippen LogP) is 6.72. The van der Waals surface area contributed by atoms with Crippen molar-refractivity contribution in [1.29, 1.82) is 0 Å². The summed E-state index contributed by atoms with van der Waals surface area (Å²) in [5, 5.41) is 25.0. The summed E-state index contributed by atoms with van der Waals surface area (Å²) < 4.78 is 15.9. The second-order valence-electron chi connectivity index (χ2n) is 11.6. The zero-order valence-corrected chi connectivity index (χ0v) is 24.5. The van der Waals surface area contributed by atoms with Crippen LogP contribution in [0.3, 0.4) is 0 Å². The lowest BCUT2D eigenvalue weighted by atomic mass is 9.63. The van der Waals surface area contributed by atoms with Crippen LogP contribution in [0.1, 0.15) is 54.2 Å². The summed E-state index contributed by atoms with van der Waals surface area (Å²) in [6, 6.07) is 13.5. The summed E-state index contributed by atoms with van der Waals surface area (Å²) >= 11 is 12.5. The molecule has 8 nitrogen and oxygen atoms in total. The van der Waals surface area contributed by atoms with E-state index in [1.165, 1.54) is 41.3 Å². The lowest BCUT2D eigenvalue weighted by Crippen LogP contribution is -2.47. The maximum absolute atomic E-state index is 15.9. The van der Waals surface area contributed by atoms with Gasteiger partial charge in [0.2, 0.25) is 5.91 Å². The van der Waals surface area contributed by atoms with Gasteiger partial charge in [-0.2, -0.15) is 0 Å². The minimum absolute atomic E-state index is 0.0519. The van der Waals surface area contributed by atoms with Crippen LogP contribution in [-0.4, -0.2) is 46.2 Å². The number of likely N-dealkylation sites (tertiary alicyclic amines) is 1. The molecular weight excluding hydrogens is 584 g/mol. The first-order chi connectivity index (χ1) is 19.9.